The first kappa shape index (κ1) is 14.3. The second-order valence-electron chi connectivity index (χ2n) is 8.09. The molecule has 0 N–H and O–H groups in total. The fourth-order valence-corrected chi connectivity index (χ4v) is 5.89. The summed E-state index contributed by atoms with van der Waals surface area (Å²) in [6, 6.07) is 10.9. The summed E-state index contributed by atoms with van der Waals surface area (Å²) < 4.78 is 6.64. The SMILES string of the molecule is O=[N+]([O-])c1ccc(OC23CC4CC(CC(C4)C2)C3)c2ccccc12. The zero-order valence-corrected chi connectivity index (χ0v) is 13.6. The lowest BCUT2D eigenvalue weighted by Crippen LogP contribution is -2.53. The largest absolute Gasteiger partial charge is 0.487 e. The van der Waals surface area contributed by atoms with E-state index in [0.717, 1.165) is 48.2 Å². The van der Waals surface area contributed by atoms with Crippen molar-refractivity contribution in [3.63, 3.8) is 0 Å². The Morgan fingerprint density at radius 1 is 0.917 bits per heavy atom. The minimum absolute atomic E-state index is 0.0341. The molecule has 2 aromatic rings. The Hall–Kier alpha value is -2.10. The van der Waals surface area contributed by atoms with E-state index in [0.29, 0.717) is 5.39 Å². The van der Waals surface area contributed by atoms with Gasteiger partial charge in [-0.3, -0.25) is 10.1 Å². The Morgan fingerprint density at radius 2 is 1.50 bits per heavy atom. The van der Waals surface area contributed by atoms with Crippen LogP contribution < -0.4 is 4.74 Å². The average Bonchev–Trinajstić information content (AvgIpc) is 2.53. The van der Waals surface area contributed by atoms with E-state index >= 15 is 0 Å². The minimum Gasteiger partial charge on any atom is -0.487 e. The fraction of sp³-hybridized carbons (Fsp3) is 0.500. The summed E-state index contributed by atoms with van der Waals surface area (Å²) in [5.41, 5.74) is 0.122. The number of nitro groups is 1. The molecule has 0 unspecified atom stereocenters. The molecule has 0 spiro atoms. The molecule has 4 aliphatic rings. The highest BCUT2D eigenvalue weighted by molar-refractivity contribution is 5.95. The Bertz CT molecular complexity index is 793. The molecule has 6 rings (SSSR count). The van der Waals surface area contributed by atoms with E-state index in [-0.39, 0.29) is 16.2 Å². The summed E-state index contributed by atoms with van der Waals surface area (Å²) in [7, 11) is 0. The Labute approximate surface area is 141 Å². The van der Waals surface area contributed by atoms with Gasteiger partial charge in [-0.2, -0.15) is 0 Å². The molecule has 0 radical (unpaired) electrons. The third-order valence-electron chi connectivity index (χ3n) is 6.37. The Kier molecular flexibility index (Phi) is 2.94. The molecule has 124 valence electrons. The van der Waals surface area contributed by atoms with Gasteiger partial charge >= 0.3 is 0 Å². The van der Waals surface area contributed by atoms with Crippen LogP contribution in [0.1, 0.15) is 38.5 Å². The van der Waals surface area contributed by atoms with Gasteiger partial charge < -0.3 is 4.74 Å². The van der Waals surface area contributed by atoms with Gasteiger partial charge in [-0.1, -0.05) is 18.2 Å². The smallest absolute Gasteiger partial charge is 0.277 e. The lowest BCUT2D eigenvalue weighted by molar-refractivity contribution is -0.383. The van der Waals surface area contributed by atoms with Crippen LogP contribution >= 0.6 is 0 Å². The molecule has 4 bridgehead atoms. The van der Waals surface area contributed by atoms with Gasteiger partial charge in [0, 0.05) is 11.5 Å². The molecule has 0 amide bonds. The number of rotatable bonds is 3. The van der Waals surface area contributed by atoms with Crippen LogP contribution in [0.25, 0.3) is 10.8 Å². The van der Waals surface area contributed by atoms with Crippen LogP contribution in [0.3, 0.4) is 0 Å². The van der Waals surface area contributed by atoms with Crippen molar-refractivity contribution in [2.75, 3.05) is 0 Å². The maximum Gasteiger partial charge on any atom is 0.277 e. The first-order valence-corrected chi connectivity index (χ1v) is 8.97. The van der Waals surface area contributed by atoms with Crippen LogP contribution in [0.5, 0.6) is 5.75 Å². The predicted octanol–water partition coefficient (Wildman–Crippen LogP) is 5.10. The maximum atomic E-state index is 11.3. The second kappa shape index (κ2) is 4.95. The lowest BCUT2D eigenvalue weighted by atomic mass is 9.54. The number of non-ortho nitro benzene ring substituents is 1. The van der Waals surface area contributed by atoms with E-state index in [1.165, 1.54) is 19.3 Å². The molecular formula is C20H21NO3. The van der Waals surface area contributed by atoms with E-state index in [4.69, 9.17) is 4.74 Å². The van der Waals surface area contributed by atoms with Crippen LogP contribution in [0, 0.1) is 27.9 Å². The summed E-state index contributed by atoms with van der Waals surface area (Å²) >= 11 is 0. The van der Waals surface area contributed by atoms with E-state index in [1.807, 2.05) is 24.3 Å². The van der Waals surface area contributed by atoms with E-state index < -0.39 is 0 Å². The summed E-state index contributed by atoms with van der Waals surface area (Å²) in [5, 5.41) is 12.8. The minimum atomic E-state index is -0.309. The number of nitro benzene ring substituents is 1. The predicted molar refractivity (Wildman–Crippen MR) is 92.1 cm³/mol. The zero-order valence-electron chi connectivity index (χ0n) is 13.6. The molecule has 4 fully saturated rings. The summed E-state index contributed by atoms with van der Waals surface area (Å²) in [6.45, 7) is 0. The van der Waals surface area contributed by atoms with Gasteiger partial charge in [-0.25, -0.2) is 0 Å². The monoisotopic (exact) mass is 323 g/mol. The van der Waals surface area contributed by atoms with Gasteiger partial charge in [0.1, 0.15) is 11.4 Å². The average molecular weight is 323 g/mol. The number of hydrogen-bond donors (Lipinski definition) is 0. The normalized spacial score (nSPS) is 33.8. The van der Waals surface area contributed by atoms with Gasteiger partial charge in [0.05, 0.1) is 10.3 Å². The molecule has 4 heteroatoms. The van der Waals surface area contributed by atoms with Gasteiger partial charge in [-0.15, -0.1) is 0 Å². The second-order valence-corrected chi connectivity index (χ2v) is 8.09. The molecule has 0 aliphatic heterocycles. The number of nitrogens with zero attached hydrogens (tertiary/aromatic N) is 1. The number of fused-ring (bicyclic) bond motifs is 1. The number of ether oxygens (including phenoxy) is 1. The van der Waals surface area contributed by atoms with Crippen molar-refractivity contribution in [3.8, 4) is 5.75 Å². The van der Waals surface area contributed by atoms with Crippen LogP contribution in [0.15, 0.2) is 36.4 Å². The molecule has 4 saturated carbocycles. The van der Waals surface area contributed by atoms with Crippen molar-refractivity contribution in [2.45, 2.75) is 44.1 Å². The first-order valence-electron chi connectivity index (χ1n) is 8.97. The Morgan fingerprint density at radius 3 is 2.08 bits per heavy atom. The fourth-order valence-electron chi connectivity index (χ4n) is 5.89. The van der Waals surface area contributed by atoms with Crippen molar-refractivity contribution in [1.29, 1.82) is 0 Å². The van der Waals surface area contributed by atoms with Crippen LogP contribution in [-0.4, -0.2) is 10.5 Å². The quantitative estimate of drug-likeness (QED) is 0.583. The molecule has 24 heavy (non-hydrogen) atoms. The molecule has 0 saturated heterocycles. The Balaban J connectivity index is 1.56. The molecule has 4 nitrogen and oxygen atoms in total. The first-order chi connectivity index (χ1) is 11.6. The molecule has 2 aromatic carbocycles. The van der Waals surface area contributed by atoms with E-state index in [1.54, 1.807) is 12.1 Å². The van der Waals surface area contributed by atoms with Gasteiger partial charge in [0.2, 0.25) is 0 Å². The summed E-state index contributed by atoms with van der Waals surface area (Å²) in [4.78, 5) is 11.0. The number of benzene rings is 2. The topological polar surface area (TPSA) is 52.4 Å². The van der Waals surface area contributed by atoms with Gasteiger partial charge in [0.25, 0.3) is 5.69 Å². The molecule has 0 atom stereocenters. The summed E-state index contributed by atoms with van der Waals surface area (Å²) in [5.74, 6) is 3.28. The zero-order chi connectivity index (χ0) is 16.3. The highest BCUT2D eigenvalue weighted by Crippen LogP contribution is 2.57. The molecule has 0 aromatic heterocycles. The van der Waals surface area contributed by atoms with Crippen molar-refractivity contribution < 1.29 is 9.66 Å². The highest BCUT2D eigenvalue weighted by atomic mass is 16.6. The van der Waals surface area contributed by atoms with Gasteiger partial charge in [-0.05, 0) is 68.4 Å². The van der Waals surface area contributed by atoms with E-state index in [9.17, 15) is 10.1 Å². The molecule has 0 heterocycles. The van der Waals surface area contributed by atoms with E-state index in [2.05, 4.69) is 0 Å². The lowest BCUT2D eigenvalue weighted by Gasteiger charge is -2.56. The summed E-state index contributed by atoms with van der Waals surface area (Å²) in [6.07, 6.45) is 7.61. The molecule has 4 aliphatic carbocycles. The highest BCUT2D eigenvalue weighted by Gasteiger charge is 2.52. The van der Waals surface area contributed by atoms with Crippen molar-refractivity contribution in [2.24, 2.45) is 17.8 Å². The van der Waals surface area contributed by atoms with Crippen LogP contribution in [0.4, 0.5) is 5.69 Å². The van der Waals surface area contributed by atoms with Crippen molar-refractivity contribution >= 4 is 16.5 Å². The van der Waals surface area contributed by atoms with Crippen molar-refractivity contribution in [1.82, 2.24) is 0 Å². The maximum absolute atomic E-state index is 11.3. The standard InChI is InChI=1S/C20H21NO3/c22-21(23)18-5-6-19(17-4-2-1-3-16(17)18)24-20-10-13-7-14(11-20)9-15(8-13)12-20/h1-6,13-15H,7-12H2. The van der Waals surface area contributed by atoms with Crippen LogP contribution in [0.2, 0.25) is 0 Å². The molecular weight excluding hydrogens is 302 g/mol. The van der Waals surface area contributed by atoms with Crippen molar-refractivity contribution in [3.05, 3.63) is 46.5 Å². The number of hydrogen-bond acceptors (Lipinski definition) is 3. The van der Waals surface area contributed by atoms with Crippen LogP contribution in [-0.2, 0) is 0 Å². The third-order valence-corrected chi connectivity index (χ3v) is 6.37. The van der Waals surface area contributed by atoms with Gasteiger partial charge in [0.15, 0.2) is 0 Å². The third kappa shape index (κ3) is 2.12.